The zero-order valence-corrected chi connectivity index (χ0v) is 17.0. The van der Waals surface area contributed by atoms with E-state index in [4.69, 9.17) is 16.3 Å². The molecule has 7 heteroatoms. The molecular weight excluding hydrogens is 384 g/mol. The lowest BCUT2D eigenvalue weighted by Gasteiger charge is -2.18. The zero-order chi connectivity index (χ0) is 19.4. The molecule has 1 aliphatic rings. The summed E-state index contributed by atoms with van der Waals surface area (Å²) in [5.74, 6) is 0.00839. The number of benzene rings is 1. The van der Waals surface area contributed by atoms with Crippen molar-refractivity contribution in [3.63, 3.8) is 0 Å². The van der Waals surface area contributed by atoms with Crippen LogP contribution in [-0.4, -0.2) is 25.0 Å². The molecule has 3 rings (SSSR count). The fourth-order valence-corrected chi connectivity index (χ4v) is 4.81. The van der Waals surface area contributed by atoms with Gasteiger partial charge in [-0.3, -0.25) is 4.79 Å². The Hall–Kier alpha value is -2.05. The highest BCUT2D eigenvalue weighted by molar-refractivity contribution is 7.17. The molecule has 0 saturated carbocycles. The molecular formula is C20H23ClN2O3S. The number of anilines is 2. The smallest absolute Gasteiger partial charge is 0.341 e. The SMILES string of the molecule is CCOC(=O)c1c(NC(=O)CNc2cccc(Cl)c2)sc2c1CC[C@@H](C)C2. The molecule has 1 aromatic carbocycles. The number of carbonyl (C=O) groups excluding carboxylic acids is 2. The first-order valence-corrected chi connectivity index (χ1v) is 10.3. The molecule has 1 aromatic heterocycles. The van der Waals surface area contributed by atoms with Crippen LogP contribution in [0.5, 0.6) is 0 Å². The number of rotatable bonds is 6. The summed E-state index contributed by atoms with van der Waals surface area (Å²) in [6, 6.07) is 7.18. The molecule has 0 aliphatic heterocycles. The maximum absolute atomic E-state index is 12.5. The predicted molar refractivity (Wildman–Crippen MR) is 110 cm³/mol. The normalized spacial score (nSPS) is 15.7. The lowest BCUT2D eigenvalue weighted by Crippen LogP contribution is -2.22. The molecule has 1 aliphatic carbocycles. The Morgan fingerprint density at radius 1 is 1.37 bits per heavy atom. The van der Waals surface area contributed by atoms with E-state index in [2.05, 4.69) is 17.6 Å². The van der Waals surface area contributed by atoms with E-state index in [1.807, 2.05) is 12.1 Å². The Kier molecular flexibility index (Phi) is 6.39. The molecule has 0 radical (unpaired) electrons. The van der Waals surface area contributed by atoms with E-state index in [1.165, 1.54) is 16.2 Å². The average molecular weight is 407 g/mol. The molecule has 1 amide bonds. The van der Waals surface area contributed by atoms with Crippen LogP contribution in [0.3, 0.4) is 0 Å². The van der Waals surface area contributed by atoms with Gasteiger partial charge in [0.2, 0.25) is 5.91 Å². The van der Waals surface area contributed by atoms with Gasteiger partial charge in [0.15, 0.2) is 0 Å². The van der Waals surface area contributed by atoms with Gasteiger partial charge in [-0.1, -0.05) is 24.6 Å². The average Bonchev–Trinajstić information content (AvgIpc) is 2.97. The third kappa shape index (κ3) is 4.82. The lowest BCUT2D eigenvalue weighted by molar-refractivity contribution is -0.114. The number of halogens is 1. The van der Waals surface area contributed by atoms with E-state index in [0.717, 1.165) is 30.5 Å². The van der Waals surface area contributed by atoms with E-state index >= 15 is 0 Å². The van der Waals surface area contributed by atoms with Crippen LogP contribution in [0.4, 0.5) is 10.7 Å². The second-order valence-corrected chi connectivity index (χ2v) is 8.23. The van der Waals surface area contributed by atoms with Crippen molar-refractivity contribution >= 4 is 45.5 Å². The topological polar surface area (TPSA) is 67.4 Å². The van der Waals surface area contributed by atoms with Crippen LogP contribution >= 0.6 is 22.9 Å². The molecule has 2 N–H and O–H groups in total. The summed E-state index contributed by atoms with van der Waals surface area (Å²) >= 11 is 7.45. The molecule has 0 spiro atoms. The number of fused-ring (bicyclic) bond motifs is 1. The second-order valence-electron chi connectivity index (χ2n) is 6.69. The Morgan fingerprint density at radius 2 is 2.19 bits per heavy atom. The molecule has 2 aromatic rings. The molecule has 1 atom stereocenters. The molecule has 5 nitrogen and oxygen atoms in total. The highest BCUT2D eigenvalue weighted by Crippen LogP contribution is 2.40. The number of esters is 1. The number of carbonyl (C=O) groups is 2. The fraction of sp³-hybridized carbons (Fsp3) is 0.400. The van der Waals surface area contributed by atoms with E-state index in [9.17, 15) is 9.59 Å². The van der Waals surface area contributed by atoms with Crippen LogP contribution in [0, 0.1) is 5.92 Å². The van der Waals surface area contributed by atoms with Crippen LogP contribution in [0.2, 0.25) is 5.02 Å². The molecule has 0 fully saturated rings. The van der Waals surface area contributed by atoms with Gasteiger partial charge in [-0.15, -0.1) is 11.3 Å². The summed E-state index contributed by atoms with van der Waals surface area (Å²) in [6.45, 7) is 4.39. The van der Waals surface area contributed by atoms with Gasteiger partial charge < -0.3 is 15.4 Å². The minimum atomic E-state index is -0.359. The standard InChI is InChI=1S/C20H23ClN2O3S/c1-3-26-20(25)18-15-8-7-12(2)9-16(15)27-19(18)23-17(24)11-22-14-6-4-5-13(21)10-14/h4-6,10,12,22H,3,7-9,11H2,1-2H3,(H,23,24)/t12-/m1/s1. The molecule has 0 unspecified atom stereocenters. The van der Waals surface area contributed by atoms with Crippen molar-refractivity contribution in [1.29, 1.82) is 0 Å². The Bertz CT molecular complexity index is 850. The number of hydrogen-bond donors (Lipinski definition) is 2. The third-order valence-corrected chi connectivity index (χ3v) is 5.93. The lowest BCUT2D eigenvalue weighted by atomic mass is 9.88. The summed E-state index contributed by atoms with van der Waals surface area (Å²) in [5.41, 5.74) is 2.33. The maximum atomic E-state index is 12.5. The van der Waals surface area contributed by atoms with Gasteiger partial charge in [-0.2, -0.15) is 0 Å². The van der Waals surface area contributed by atoms with Gasteiger partial charge in [-0.25, -0.2) is 4.79 Å². The Labute approximate surface area is 168 Å². The van der Waals surface area contributed by atoms with Crippen molar-refractivity contribution in [2.75, 3.05) is 23.8 Å². The van der Waals surface area contributed by atoms with Crippen molar-refractivity contribution < 1.29 is 14.3 Å². The monoisotopic (exact) mass is 406 g/mol. The van der Waals surface area contributed by atoms with E-state index in [0.29, 0.717) is 28.1 Å². The highest BCUT2D eigenvalue weighted by Gasteiger charge is 2.29. The molecule has 144 valence electrons. The van der Waals surface area contributed by atoms with E-state index in [1.54, 1.807) is 19.1 Å². The number of ether oxygens (including phenoxy) is 1. The van der Waals surface area contributed by atoms with E-state index < -0.39 is 0 Å². The number of amides is 1. The predicted octanol–water partition coefficient (Wildman–Crippen LogP) is 4.75. The Balaban J connectivity index is 1.75. The van der Waals surface area contributed by atoms with Crippen molar-refractivity contribution in [1.82, 2.24) is 0 Å². The van der Waals surface area contributed by atoms with Crippen molar-refractivity contribution in [2.24, 2.45) is 5.92 Å². The summed E-state index contributed by atoms with van der Waals surface area (Å²) in [4.78, 5) is 26.1. The van der Waals surface area contributed by atoms with Crippen molar-refractivity contribution in [3.05, 3.63) is 45.3 Å². The van der Waals surface area contributed by atoms with Crippen LogP contribution < -0.4 is 10.6 Å². The molecule has 1 heterocycles. The first-order valence-electron chi connectivity index (χ1n) is 9.08. The van der Waals surface area contributed by atoms with Crippen LogP contribution in [-0.2, 0) is 22.4 Å². The van der Waals surface area contributed by atoms with Crippen molar-refractivity contribution in [2.45, 2.75) is 33.1 Å². The first kappa shape index (κ1) is 19.7. The largest absolute Gasteiger partial charge is 0.462 e. The van der Waals surface area contributed by atoms with Crippen LogP contribution in [0.25, 0.3) is 0 Å². The summed E-state index contributed by atoms with van der Waals surface area (Å²) in [7, 11) is 0. The zero-order valence-electron chi connectivity index (χ0n) is 15.4. The maximum Gasteiger partial charge on any atom is 0.341 e. The van der Waals surface area contributed by atoms with Crippen LogP contribution in [0.15, 0.2) is 24.3 Å². The van der Waals surface area contributed by atoms with Gasteiger partial charge in [0, 0.05) is 15.6 Å². The van der Waals surface area contributed by atoms with Gasteiger partial charge in [0.25, 0.3) is 0 Å². The Morgan fingerprint density at radius 3 is 2.93 bits per heavy atom. The number of hydrogen-bond acceptors (Lipinski definition) is 5. The third-order valence-electron chi connectivity index (χ3n) is 4.52. The van der Waals surface area contributed by atoms with Gasteiger partial charge >= 0.3 is 5.97 Å². The highest BCUT2D eigenvalue weighted by atomic mass is 35.5. The second kappa shape index (κ2) is 8.76. The van der Waals surface area contributed by atoms with Crippen LogP contribution in [0.1, 0.15) is 41.1 Å². The number of nitrogens with one attached hydrogen (secondary N) is 2. The van der Waals surface area contributed by atoms with Gasteiger partial charge in [-0.05, 0) is 55.9 Å². The fourth-order valence-electron chi connectivity index (χ4n) is 3.21. The first-order chi connectivity index (χ1) is 13.0. The minimum absolute atomic E-state index is 0.0849. The number of thiophene rings is 1. The van der Waals surface area contributed by atoms with Crippen molar-refractivity contribution in [3.8, 4) is 0 Å². The summed E-state index contributed by atoms with van der Waals surface area (Å²) < 4.78 is 5.23. The minimum Gasteiger partial charge on any atom is -0.462 e. The molecule has 0 bridgehead atoms. The molecule has 27 heavy (non-hydrogen) atoms. The molecule has 0 saturated heterocycles. The van der Waals surface area contributed by atoms with Gasteiger partial charge in [0.1, 0.15) is 5.00 Å². The summed E-state index contributed by atoms with van der Waals surface area (Å²) in [6.07, 6.45) is 2.82. The summed E-state index contributed by atoms with van der Waals surface area (Å²) in [5, 5.41) is 7.12. The van der Waals surface area contributed by atoms with Gasteiger partial charge in [0.05, 0.1) is 18.7 Å². The quantitative estimate of drug-likeness (QED) is 0.679. The van der Waals surface area contributed by atoms with E-state index in [-0.39, 0.29) is 18.4 Å².